The smallest absolute Gasteiger partial charge is 0.339 e. The molecule has 1 heterocycles. The minimum Gasteiger partial charge on any atom is -0.426 e. The van der Waals surface area contributed by atoms with Gasteiger partial charge in [-0.1, -0.05) is 17.7 Å². The van der Waals surface area contributed by atoms with Crippen LogP contribution in [0, 0.1) is 27.7 Å². The lowest BCUT2D eigenvalue weighted by atomic mass is 10.0. The van der Waals surface area contributed by atoms with Gasteiger partial charge in [-0.05, 0) is 69.5 Å². The first kappa shape index (κ1) is 22.7. The molecule has 1 N–H and O–H groups in total. The number of fused-ring (bicyclic) bond motifs is 1. The molecule has 1 aromatic heterocycles. The van der Waals surface area contributed by atoms with Crippen molar-refractivity contribution in [3.05, 3.63) is 69.1 Å². The number of benzene rings is 2. The highest BCUT2D eigenvalue weighted by atomic mass is 32.2. The molecule has 0 unspecified atom stereocenters. The van der Waals surface area contributed by atoms with Crippen molar-refractivity contribution in [2.75, 3.05) is 6.54 Å². The van der Waals surface area contributed by atoms with Crippen LogP contribution < -0.4 is 15.1 Å². The summed E-state index contributed by atoms with van der Waals surface area (Å²) in [6.45, 7) is 7.23. The predicted octanol–water partition coefficient (Wildman–Crippen LogP) is 3.69. The quantitative estimate of drug-likeness (QED) is 0.259. The van der Waals surface area contributed by atoms with E-state index in [4.69, 9.17) is 9.15 Å². The van der Waals surface area contributed by atoms with E-state index in [9.17, 15) is 18.0 Å². The highest BCUT2D eigenvalue weighted by Crippen LogP contribution is 2.31. The van der Waals surface area contributed by atoms with E-state index in [1.165, 1.54) is 12.1 Å². The van der Waals surface area contributed by atoms with E-state index < -0.39 is 21.6 Å². The number of carbonyl (C=O) groups is 1. The molecule has 164 valence electrons. The topological polar surface area (TPSA) is 103 Å². The van der Waals surface area contributed by atoms with Crippen molar-refractivity contribution in [2.45, 2.75) is 45.4 Å². The van der Waals surface area contributed by atoms with E-state index >= 15 is 0 Å². The molecule has 0 bridgehead atoms. The number of aryl methyl sites for hydroxylation is 3. The van der Waals surface area contributed by atoms with Crippen molar-refractivity contribution in [3.63, 3.8) is 0 Å². The molecule has 0 fully saturated rings. The summed E-state index contributed by atoms with van der Waals surface area (Å²) in [5.74, 6) is -0.172. The molecule has 3 aromatic rings. The monoisotopic (exact) mass is 443 g/mol. The summed E-state index contributed by atoms with van der Waals surface area (Å²) in [7, 11) is -3.63. The van der Waals surface area contributed by atoms with Crippen molar-refractivity contribution >= 4 is 27.0 Å². The van der Waals surface area contributed by atoms with Gasteiger partial charge in [-0.15, -0.1) is 0 Å². The first-order valence-electron chi connectivity index (χ1n) is 9.90. The molecule has 31 heavy (non-hydrogen) atoms. The highest BCUT2D eigenvalue weighted by molar-refractivity contribution is 7.89. The van der Waals surface area contributed by atoms with Crippen LogP contribution in [0.1, 0.15) is 35.1 Å². The van der Waals surface area contributed by atoms with Gasteiger partial charge in [0.2, 0.25) is 10.0 Å². The third-order valence-electron chi connectivity index (χ3n) is 5.06. The van der Waals surface area contributed by atoms with Gasteiger partial charge in [0.1, 0.15) is 11.3 Å². The average molecular weight is 444 g/mol. The second-order valence-corrected chi connectivity index (χ2v) is 9.33. The number of esters is 1. The molecule has 0 aliphatic heterocycles. The van der Waals surface area contributed by atoms with Gasteiger partial charge in [0.25, 0.3) is 0 Å². The molecule has 0 saturated heterocycles. The van der Waals surface area contributed by atoms with Crippen molar-refractivity contribution in [2.24, 2.45) is 0 Å². The first-order valence-corrected chi connectivity index (χ1v) is 11.4. The van der Waals surface area contributed by atoms with Crippen LogP contribution in [0.5, 0.6) is 5.75 Å². The fraction of sp³-hybridized carbons (Fsp3) is 0.304. The summed E-state index contributed by atoms with van der Waals surface area (Å²) in [6, 6.07) is 9.97. The van der Waals surface area contributed by atoms with Gasteiger partial charge in [-0.25, -0.2) is 17.9 Å². The summed E-state index contributed by atoms with van der Waals surface area (Å²) in [5, 5.41) is 0.580. The molecule has 8 heteroatoms. The fourth-order valence-corrected chi connectivity index (χ4v) is 4.26. The Balaban J connectivity index is 1.65. The second-order valence-electron chi connectivity index (χ2n) is 7.56. The van der Waals surface area contributed by atoms with Gasteiger partial charge in [-0.2, -0.15) is 0 Å². The fourth-order valence-electron chi connectivity index (χ4n) is 3.18. The third-order valence-corrected chi connectivity index (χ3v) is 6.54. The zero-order chi connectivity index (χ0) is 22.8. The van der Waals surface area contributed by atoms with Crippen molar-refractivity contribution in [1.82, 2.24) is 4.72 Å². The Hall–Kier alpha value is -2.97. The number of hydrogen-bond acceptors (Lipinski definition) is 6. The number of ether oxygens (including phenoxy) is 1. The average Bonchev–Trinajstić information content (AvgIpc) is 2.69. The largest absolute Gasteiger partial charge is 0.426 e. The molecule has 0 aliphatic rings. The van der Waals surface area contributed by atoms with E-state index in [0.717, 1.165) is 11.1 Å². The van der Waals surface area contributed by atoms with Crippen LogP contribution >= 0.6 is 0 Å². The maximum atomic E-state index is 12.4. The van der Waals surface area contributed by atoms with E-state index in [2.05, 4.69) is 4.72 Å². The van der Waals surface area contributed by atoms with Gasteiger partial charge in [0.05, 0.1) is 10.3 Å². The van der Waals surface area contributed by atoms with Gasteiger partial charge in [-0.3, -0.25) is 4.79 Å². The Morgan fingerprint density at radius 2 is 1.68 bits per heavy atom. The molecule has 0 atom stereocenters. The van der Waals surface area contributed by atoms with Crippen LogP contribution in [-0.2, 0) is 14.8 Å². The normalized spacial score (nSPS) is 11.6. The molecule has 2 aromatic carbocycles. The standard InChI is InChI=1S/C23H25NO6S/c1-14-7-9-18(10-8-14)31(27,28)24-11-5-6-21(25)29-19-12-15(2)13-20-22(19)16(3)17(4)23(26)30-20/h7-10,12-13,24H,5-6,11H2,1-4H3. The molecule has 7 nitrogen and oxygen atoms in total. The summed E-state index contributed by atoms with van der Waals surface area (Å²) in [6.07, 6.45) is 0.307. The summed E-state index contributed by atoms with van der Waals surface area (Å²) in [5.41, 5.74) is 2.84. The van der Waals surface area contributed by atoms with Crippen LogP contribution in [0.25, 0.3) is 11.0 Å². The molecule has 0 amide bonds. The zero-order valence-corrected chi connectivity index (χ0v) is 18.8. The number of hydrogen-bond donors (Lipinski definition) is 1. The minimum atomic E-state index is -3.63. The third kappa shape index (κ3) is 5.21. The van der Waals surface area contributed by atoms with Gasteiger partial charge in [0.15, 0.2) is 0 Å². The predicted molar refractivity (Wildman–Crippen MR) is 118 cm³/mol. The van der Waals surface area contributed by atoms with Crippen molar-refractivity contribution in [3.8, 4) is 5.75 Å². The summed E-state index contributed by atoms with van der Waals surface area (Å²) >= 11 is 0. The van der Waals surface area contributed by atoms with E-state index in [0.29, 0.717) is 27.8 Å². The number of sulfonamides is 1. The van der Waals surface area contributed by atoms with Crippen LogP contribution in [0.2, 0.25) is 0 Å². The molecule has 3 rings (SSSR count). The van der Waals surface area contributed by atoms with Crippen molar-refractivity contribution in [1.29, 1.82) is 0 Å². The van der Waals surface area contributed by atoms with Gasteiger partial charge < -0.3 is 9.15 Å². The first-order chi connectivity index (χ1) is 14.6. The SMILES string of the molecule is Cc1ccc(S(=O)(=O)NCCCC(=O)Oc2cc(C)cc3oc(=O)c(C)c(C)c23)cc1. The molecule has 0 aliphatic carbocycles. The molecular weight excluding hydrogens is 418 g/mol. The minimum absolute atomic E-state index is 0.0284. The number of nitrogens with one attached hydrogen (secondary N) is 1. The Morgan fingerprint density at radius 1 is 1.00 bits per heavy atom. The maximum Gasteiger partial charge on any atom is 0.339 e. The zero-order valence-electron chi connectivity index (χ0n) is 17.9. The Morgan fingerprint density at radius 3 is 2.35 bits per heavy atom. The lowest BCUT2D eigenvalue weighted by Gasteiger charge is -2.12. The Bertz CT molecular complexity index is 1290. The Labute approximate surface area is 181 Å². The van der Waals surface area contributed by atoms with Crippen molar-refractivity contribution < 1.29 is 22.4 Å². The summed E-state index contributed by atoms with van der Waals surface area (Å²) in [4.78, 5) is 24.5. The number of rotatable bonds is 7. The van der Waals surface area contributed by atoms with E-state index in [-0.39, 0.29) is 24.3 Å². The summed E-state index contributed by atoms with van der Waals surface area (Å²) < 4.78 is 38.0. The molecule has 0 radical (unpaired) electrons. The molecular formula is C23H25NO6S. The van der Waals surface area contributed by atoms with Crippen LogP contribution in [0.15, 0.2) is 50.5 Å². The van der Waals surface area contributed by atoms with Crippen LogP contribution in [0.4, 0.5) is 0 Å². The van der Waals surface area contributed by atoms with Crippen LogP contribution in [-0.4, -0.2) is 20.9 Å². The maximum absolute atomic E-state index is 12.4. The second kappa shape index (κ2) is 9.03. The van der Waals surface area contributed by atoms with E-state index in [1.54, 1.807) is 38.1 Å². The molecule has 0 spiro atoms. The highest BCUT2D eigenvalue weighted by Gasteiger charge is 2.17. The Kier molecular flexibility index (Phi) is 6.62. The van der Waals surface area contributed by atoms with E-state index in [1.807, 2.05) is 13.8 Å². The van der Waals surface area contributed by atoms with Gasteiger partial charge in [0, 0.05) is 18.5 Å². The number of carbonyl (C=O) groups excluding carboxylic acids is 1. The van der Waals surface area contributed by atoms with Gasteiger partial charge >= 0.3 is 11.6 Å². The lowest BCUT2D eigenvalue weighted by molar-refractivity contribution is -0.134. The lowest BCUT2D eigenvalue weighted by Crippen LogP contribution is -2.25. The molecule has 0 saturated carbocycles. The van der Waals surface area contributed by atoms with Crippen LogP contribution in [0.3, 0.4) is 0 Å².